The van der Waals surface area contributed by atoms with Gasteiger partial charge in [-0.1, -0.05) is 23.2 Å². The van der Waals surface area contributed by atoms with Crippen molar-refractivity contribution < 1.29 is 4.79 Å². The Morgan fingerprint density at radius 2 is 1.81 bits per heavy atom. The first-order valence-electron chi connectivity index (χ1n) is 8.53. The minimum absolute atomic E-state index is 0. The number of hydrogen-bond acceptors (Lipinski definition) is 4. The maximum Gasteiger partial charge on any atom is 0.273 e. The maximum atomic E-state index is 12.9. The predicted octanol–water partition coefficient (Wildman–Crippen LogP) is 5.03. The number of thiazole rings is 1. The average Bonchev–Trinajstić information content (AvgIpc) is 3.20. The molecule has 2 saturated heterocycles. The van der Waals surface area contributed by atoms with Crippen molar-refractivity contribution in [3.05, 3.63) is 39.3 Å². The minimum Gasteiger partial charge on any atom is -0.337 e. The van der Waals surface area contributed by atoms with E-state index in [4.69, 9.17) is 23.2 Å². The van der Waals surface area contributed by atoms with Gasteiger partial charge in [-0.25, -0.2) is 4.98 Å². The molecule has 0 aliphatic carbocycles. The van der Waals surface area contributed by atoms with Crippen molar-refractivity contribution in [1.29, 1.82) is 0 Å². The predicted molar refractivity (Wildman–Crippen MR) is 117 cm³/mol. The van der Waals surface area contributed by atoms with Crippen molar-refractivity contribution in [3.8, 4) is 10.6 Å². The molecule has 2 fully saturated rings. The van der Waals surface area contributed by atoms with Crippen LogP contribution in [-0.4, -0.2) is 42.0 Å². The summed E-state index contributed by atoms with van der Waals surface area (Å²) in [5, 5.41) is 7.18. The highest BCUT2D eigenvalue weighted by atomic mass is 35.5. The van der Waals surface area contributed by atoms with Crippen molar-refractivity contribution in [3.63, 3.8) is 0 Å². The van der Waals surface area contributed by atoms with Crippen LogP contribution in [0.2, 0.25) is 10.0 Å². The lowest BCUT2D eigenvalue weighted by atomic mass is 9.92. The number of aromatic nitrogens is 1. The first-order valence-corrected chi connectivity index (χ1v) is 10.2. The first kappa shape index (κ1) is 22.7. The van der Waals surface area contributed by atoms with Gasteiger partial charge in [0.2, 0.25) is 0 Å². The Hall–Kier alpha value is -0.560. The van der Waals surface area contributed by atoms with Crippen LogP contribution in [0.3, 0.4) is 0 Å². The topological polar surface area (TPSA) is 45.2 Å². The van der Waals surface area contributed by atoms with Gasteiger partial charge in [-0.15, -0.1) is 36.2 Å². The number of nitrogens with zero attached hydrogens (tertiary/aromatic N) is 2. The van der Waals surface area contributed by atoms with Crippen molar-refractivity contribution >= 4 is 65.3 Å². The number of nitrogens with one attached hydrogen (secondary N) is 1. The summed E-state index contributed by atoms with van der Waals surface area (Å²) >= 11 is 13.7. The molecule has 4 rings (SSSR count). The molecule has 2 aromatic rings. The summed E-state index contributed by atoms with van der Waals surface area (Å²) in [7, 11) is 0. The molecule has 0 saturated carbocycles. The Labute approximate surface area is 185 Å². The molecule has 2 atom stereocenters. The summed E-state index contributed by atoms with van der Waals surface area (Å²) in [6, 6.07) is 5.33. The van der Waals surface area contributed by atoms with E-state index in [1.54, 1.807) is 12.1 Å². The van der Waals surface area contributed by atoms with Crippen molar-refractivity contribution in [2.24, 2.45) is 11.8 Å². The summed E-state index contributed by atoms with van der Waals surface area (Å²) in [6.45, 7) is 3.80. The molecule has 27 heavy (non-hydrogen) atoms. The molecule has 1 N–H and O–H groups in total. The van der Waals surface area contributed by atoms with Crippen molar-refractivity contribution in [1.82, 2.24) is 15.2 Å². The molecular formula is C18H21Cl4N3OS. The number of amides is 1. The second kappa shape index (κ2) is 9.77. The van der Waals surface area contributed by atoms with Gasteiger partial charge < -0.3 is 10.2 Å². The fourth-order valence-corrected chi connectivity index (χ4v) is 5.13. The fourth-order valence-electron chi connectivity index (χ4n) is 3.74. The second-order valence-electron chi connectivity index (χ2n) is 6.71. The Morgan fingerprint density at radius 3 is 2.44 bits per heavy atom. The molecule has 0 radical (unpaired) electrons. The number of carbonyl (C=O) groups excluding carboxylic acids is 1. The molecule has 9 heteroatoms. The lowest BCUT2D eigenvalue weighted by molar-refractivity contribution is 0.0753. The maximum absolute atomic E-state index is 12.9. The van der Waals surface area contributed by atoms with Crippen LogP contribution in [0, 0.1) is 11.8 Å². The van der Waals surface area contributed by atoms with E-state index in [9.17, 15) is 4.79 Å². The zero-order valence-electron chi connectivity index (χ0n) is 14.5. The highest BCUT2D eigenvalue weighted by Gasteiger charge is 2.32. The smallest absolute Gasteiger partial charge is 0.273 e. The lowest BCUT2D eigenvalue weighted by Gasteiger charge is -2.19. The number of fused-ring (bicyclic) bond motifs is 1. The van der Waals surface area contributed by atoms with Gasteiger partial charge in [0.15, 0.2) is 0 Å². The molecule has 4 nitrogen and oxygen atoms in total. The molecular weight excluding hydrogens is 448 g/mol. The van der Waals surface area contributed by atoms with Crippen molar-refractivity contribution in [2.75, 3.05) is 26.2 Å². The third-order valence-corrected chi connectivity index (χ3v) is 6.61. The number of rotatable bonds is 2. The summed E-state index contributed by atoms with van der Waals surface area (Å²) in [4.78, 5) is 19.4. The molecule has 2 aliphatic heterocycles. The number of likely N-dealkylation sites (tertiary alicyclic amines) is 1. The standard InChI is InChI=1S/C18H19Cl2N3OS.2ClH/c19-13-1-2-14(15(20)7-13)17-22-16(10-25-17)18(24)23-5-3-11-8-21-9-12(11)4-6-23;;/h1-2,7,10-12,21H,3-6,8-9H2;2*1H/t11-,12+;;. The van der Waals surface area contributed by atoms with Crippen LogP contribution in [-0.2, 0) is 0 Å². The number of carbonyl (C=O) groups is 1. The Morgan fingerprint density at radius 1 is 1.15 bits per heavy atom. The van der Waals surface area contributed by atoms with Gasteiger partial charge in [-0.2, -0.15) is 0 Å². The van der Waals surface area contributed by atoms with E-state index in [-0.39, 0.29) is 30.7 Å². The Kier molecular flexibility index (Phi) is 8.22. The van der Waals surface area contributed by atoms with E-state index in [0.717, 1.165) is 49.6 Å². The monoisotopic (exact) mass is 467 g/mol. The third-order valence-electron chi connectivity index (χ3n) is 5.19. The van der Waals surface area contributed by atoms with Gasteiger partial charge in [0.05, 0.1) is 5.02 Å². The highest BCUT2D eigenvalue weighted by molar-refractivity contribution is 7.13. The van der Waals surface area contributed by atoms with Crippen LogP contribution in [0.5, 0.6) is 0 Å². The minimum atomic E-state index is 0. The average molecular weight is 469 g/mol. The third kappa shape index (κ3) is 4.89. The van der Waals surface area contributed by atoms with Crippen LogP contribution < -0.4 is 5.32 Å². The van der Waals surface area contributed by atoms with Gasteiger partial charge in [-0.3, -0.25) is 4.79 Å². The summed E-state index contributed by atoms with van der Waals surface area (Å²) in [5.74, 6) is 1.44. The summed E-state index contributed by atoms with van der Waals surface area (Å²) in [6.07, 6.45) is 2.15. The SMILES string of the molecule is Cl.Cl.O=C(c1csc(-c2ccc(Cl)cc2Cl)n1)N1CC[C@@H]2CNC[C@@H]2CC1. The van der Waals surface area contributed by atoms with E-state index in [1.165, 1.54) is 11.3 Å². The first-order chi connectivity index (χ1) is 12.1. The fraction of sp³-hybridized carbons (Fsp3) is 0.444. The highest BCUT2D eigenvalue weighted by Crippen LogP contribution is 2.33. The molecule has 0 spiro atoms. The number of benzene rings is 1. The number of halogens is 4. The molecule has 148 valence electrons. The largest absolute Gasteiger partial charge is 0.337 e. The van der Waals surface area contributed by atoms with Crippen LogP contribution >= 0.6 is 59.4 Å². The van der Waals surface area contributed by atoms with Gasteiger partial charge in [0, 0.05) is 29.1 Å². The second-order valence-corrected chi connectivity index (χ2v) is 8.41. The van der Waals surface area contributed by atoms with Gasteiger partial charge in [0.1, 0.15) is 10.7 Å². The Balaban J connectivity index is 0.00000131. The van der Waals surface area contributed by atoms with E-state index in [1.807, 2.05) is 16.3 Å². The number of hydrogen-bond donors (Lipinski definition) is 1. The molecule has 0 unspecified atom stereocenters. The zero-order valence-corrected chi connectivity index (χ0v) is 18.5. The summed E-state index contributed by atoms with van der Waals surface area (Å²) in [5.41, 5.74) is 1.32. The molecule has 1 amide bonds. The van der Waals surface area contributed by atoms with Gasteiger partial charge >= 0.3 is 0 Å². The Bertz CT molecular complexity index is 787. The van der Waals surface area contributed by atoms with E-state index in [0.29, 0.717) is 27.6 Å². The van der Waals surface area contributed by atoms with E-state index in [2.05, 4.69) is 10.3 Å². The van der Waals surface area contributed by atoms with Crippen LogP contribution in [0.1, 0.15) is 23.3 Å². The molecule has 1 aromatic heterocycles. The van der Waals surface area contributed by atoms with E-state index < -0.39 is 0 Å². The van der Waals surface area contributed by atoms with Gasteiger partial charge in [0.25, 0.3) is 5.91 Å². The van der Waals surface area contributed by atoms with E-state index >= 15 is 0 Å². The normalized spacial score (nSPS) is 21.6. The molecule has 2 aliphatic rings. The molecule has 1 aromatic carbocycles. The quantitative estimate of drug-likeness (QED) is 0.671. The zero-order chi connectivity index (χ0) is 17.4. The van der Waals surface area contributed by atoms with Crippen LogP contribution in [0.4, 0.5) is 0 Å². The molecule has 3 heterocycles. The molecule has 0 bridgehead atoms. The van der Waals surface area contributed by atoms with Crippen LogP contribution in [0.15, 0.2) is 23.6 Å². The van der Waals surface area contributed by atoms with Crippen LogP contribution in [0.25, 0.3) is 10.6 Å². The van der Waals surface area contributed by atoms with Crippen molar-refractivity contribution in [2.45, 2.75) is 12.8 Å². The summed E-state index contributed by atoms with van der Waals surface area (Å²) < 4.78 is 0. The lowest BCUT2D eigenvalue weighted by Crippen LogP contribution is -2.33. The van der Waals surface area contributed by atoms with Gasteiger partial charge in [-0.05, 0) is 56.0 Å².